The fraction of sp³-hybridized carbons (Fsp3) is 0.517. The predicted octanol–water partition coefficient (Wildman–Crippen LogP) is 3.24. The molecule has 3 rings (SSSR count). The number of rotatable bonds is 14. The van der Waals surface area contributed by atoms with Gasteiger partial charge < -0.3 is 16.4 Å². The number of carbonyl (C=O) groups is 4. The summed E-state index contributed by atoms with van der Waals surface area (Å²) in [6.07, 6.45) is 3.20. The lowest BCUT2D eigenvalue weighted by atomic mass is 9.86. The Hall–Kier alpha value is -3.69. The van der Waals surface area contributed by atoms with Gasteiger partial charge in [0.05, 0.1) is 11.6 Å². The summed E-state index contributed by atoms with van der Waals surface area (Å²) in [7, 11) is 0. The lowest BCUT2D eigenvalue weighted by molar-refractivity contribution is -0.142. The number of fused-ring (bicyclic) bond motifs is 1. The molecule has 10 heteroatoms. The lowest BCUT2D eigenvalue weighted by Gasteiger charge is -2.30. The van der Waals surface area contributed by atoms with Gasteiger partial charge in [-0.25, -0.2) is 4.39 Å². The standard InChI is InChI=1S/C29H38FN5O4/c1-18(2)22(15-25(36)21-13-19-7-3-4-9-23(19)34-17-21)28(39)35-12-6-10-24(35)26(37)14-20(27(38)16-30)8-5-11-33-29(31)32/h3-4,7,9,13,17-18,20,22,24H,5-6,8,10-12,14-16H2,1-2H3,(H4,31,32,33)/t20-,22+,24+/m1/s1. The number of nitrogens with two attached hydrogens (primary N) is 2. The third-order valence-corrected chi connectivity index (χ3v) is 7.39. The number of Topliss-reactive ketones (excluding diaryl/α,β-unsaturated/α-hetero) is 3. The number of para-hydroxylation sites is 1. The summed E-state index contributed by atoms with van der Waals surface area (Å²) >= 11 is 0. The highest BCUT2D eigenvalue weighted by atomic mass is 19.1. The van der Waals surface area contributed by atoms with Crippen molar-refractivity contribution in [2.24, 2.45) is 34.2 Å². The number of carbonyl (C=O) groups excluding carboxylic acids is 4. The van der Waals surface area contributed by atoms with Crippen molar-refractivity contribution in [2.75, 3.05) is 19.8 Å². The molecule has 0 spiro atoms. The van der Waals surface area contributed by atoms with Crippen LogP contribution in [0.2, 0.25) is 0 Å². The lowest BCUT2D eigenvalue weighted by Crippen LogP contribution is -2.45. The van der Waals surface area contributed by atoms with E-state index >= 15 is 0 Å². The quantitative estimate of drug-likeness (QED) is 0.162. The number of aliphatic imine (C=N–C) groups is 1. The maximum Gasteiger partial charge on any atom is 0.227 e. The second kappa shape index (κ2) is 13.9. The van der Waals surface area contributed by atoms with E-state index in [0.717, 1.165) is 10.9 Å². The van der Waals surface area contributed by atoms with E-state index in [1.165, 1.54) is 6.20 Å². The number of aromatic nitrogens is 1. The average molecular weight is 540 g/mol. The van der Waals surface area contributed by atoms with Crippen LogP contribution in [0, 0.1) is 17.8 Å². The Kier molecular flexibility index (Phi) is 10.7. The van der Waals surface area contributed by atoms with Gasteiger partial charge >= 0.3 is 0 Å². The molecule has 39 heavy (non-hydrogen) atoms. The number of benzene rings is 1. The molecule has 1 aromatic heterocycles. The van der Waals surface area contributed by atoms with Crippen LogP contribution in [0.15, 0.2) is 41.5 Å². The van der Waals surface area contributed by atoms with E-state index in [1.807, 2.05) is 38.1 Å². The van der Waals surface area contributed by atoms with Gasteiger partial charge in [-0.15, -0.1) is 0 Å². The van der Waals surface area contributed by atoms with E-state index in [0.29, 0.717) is 31.4 Å². The Morgan fingerprint density at radius 3 is 2.59 bits per heavy atom. The van der Waals surface area contributed by atoms with Crippen molar-refractivity contribution < 1.29 is 23.6 Å². The Bertz CT molecular complexity index is 1230. The first-order chi connectivity index (χ1) is 18.6. The zero-order valence-corrected chi connectivity index (χ0v) is 22.6. The van der Waals surface area contributed by atoms with Gasteiger partial charge in [-0.1, -0.05) is 32.0 Å². The van der Waals surface area contributed by atoms with E-state index in [-0.39, 0.29) is 55.2 Å². The van der Waals surface area contributed by atoms with Crippen molar-refractivity contribution in [3.05, 3.63) is 42.1 Å². The predicted molar refractivity (Wildman–Crippen MR) is 148 cm³/mol. The van der Waals surface area contributed by atoms with Gasteiger partial charge in [0.2, 0.25) is 5.91 Å². The first-order valence-corrected chi connectivity index (χ1v) is 13.5. The summed E-state index contributed by atoms with van der Waals surface area (Å²) in [5, 5.41) is 0.844. The Labute approximate surface area is 228 Å². The number of nitrogens with zero attached hydrogens (tertiary/aromatic N) is 3. The maximum absolute atomic E-state index is 13.7. The van der Waals surface area contributed by atoms with Gasteiger partial charge in [0, 0.05) is 54.9 Å². The van der Waals surface area contributed by atoms with Crippen LogP contribution in [0.3, 0.4) is 0 Å². The van der Waals surface area contributed by atoms with Gasteiger partial charge in [-0.05, 0) is 43.7 Å². The third kappa shape index (κ3) is 7.91. The summed E-state index contributed by atoms with van der Waals surface area (Å²) < 4.78 is 13.2. The van der Waals surface area contributed by atoms with Crippen molar-refractivity contribution in [3.63, 3.8) is 0 Å². The smallest absolute Gasteiger partial charge is 0.227 e. The summed E-state index contributed by atoms with van der Waals surface area (Å²) in [4.78, 5) is 62.1. The second-order valence-electron chi connectivity index (χ2n) is 10.5. The molecule has 1 saturated heterocycles. The highest BCUT2D eigenvalue weighted by Gasteiger charge is 2.39. The molecular formula is C29H38FN5O4. The first kappa shape index (κ1) is 29.9. The van der Waals surface area contributed by atoms with Crippen molar-refractivity contribution in [2.45, 2.75) is 58.4 Å². The van der Waals surface area contributed by atoms with Gasteiger partial charge in [0.1, 0.15) is 6.67 Å². The largest absolute Gasteiger partial charge is 0.370 e. The topological polar surface area (TPSA) is 149 Å². The molecule has 210 valence electrons. The Morgan fingerprint density at radius 2 is 1.90 bits per heavy atom. The highest BCUT2D eigenvalue weighted by molar-refractivity contribution is 6.01. The number of guanidine groups is 1. The van der Waals surface area contributed by atoms with Crippen molar-refractivity contribution >= 4 is 40.1 Å². The normalized spacial score (nSPS) is 16.7. The molecule has 1 amide bonds. The van der Waals surface area contributed by atoms with Crippen LogP contribution in [0.1, 0.15) is 62.7 Å². The Morgan fingerprint density at radius 1 is 1.15 bits per heavy atom. The minimum Gasteiger partial charge on any atom is -0.370 e. The molecule has 0 unspecified atom stereocenters. The fourth-order valence-corrected chi connectivity index (χ4v) is 5.14. The second-order valence-corrected chi connectivity index (χ2v) is 10.5. The number of amides is 1. The average Bonchev–Trinajstić information content (AvgIpc) is 3.42. The number of halogens is 1. The van der Waals surface area contributed by atoms with Gasteiger partial charge in [-0.2, -0.15) is 0 Å². The van der Waals surface area contributed by atoms with Crippen molar-refractivity contribution in [3.8, 4) is 0 Å². The van der Waals surface area contributed by atoms with Crippen molar-refractivity contribution in [1.82, 2.24) is 9.88 Å². The van der Waals surface area contributed by atoms with Gasteiger partial charge in [0.15, 0.2) is 23.3 Å². The zero-order chi connectivity index (χ0) is 28.5. The zero-order valence-electron chi connectivity index (χ0n) is 22.6. The molecule has 3 atom stereocenters. The molecule has 9 nitrogen and oxygen atoms in total. The molecule has 1 aliphatic rings. The number of ketones is 3. The van der Waals surface area contributed by atoms with Gasteiger partial charge in [0.25, 0.3) is 0 Å². The molecule has 2 heterocycles. The van der Waals surface area contributed by atoms with E-state index in [4.69, 9.17) is 11.5 Å². The van der Waals surface area contributed by atoms with Crippen LogP contribution in [0.25, 0.3) is 10.9 Å². The summed E-state index contributed by atoms with van der Waals surface area (Å²) in [5.74, 6) is -2.95. The molecule has 1 aromatic carbocycles. The van der Waals surface area contributed by atoms with E-state index in [1.54, 1.807) is 11.0 Å². The molecule has 1 aliphatic heterocycles. The molecule has 0 aliphatic carbocycles. The Balaban J connectivity index is 1.69. The molecule has 4 N–H and O–H groups in total. The SMILES string of the molecule is CC(C)[C@H](CC(=O)c1cnc2ccccc2c1)C(=O)N1CCC[C@H]1C(=O)C[C@@H](CCCN=C(N)N)C(=O)CF. The van der Waals surface area contributed by atoms with Crippen molar-refractivity contribution in [1.29, 1.82) is 0 Å². The molecular weight excluding hydrogens is 501 g/mol. The number of hydrogen-bond acceptors (Lipinski definition) is 6. The van der Waals surface area contributed by atoms with Crippen LogP contribution in [0.5, 0.6) is 0 Å². The molecule has 1 fully saturated rings. The van der Waals surface area contributed by atoms with Crippen LogP contribution < -0.4 is 11.5 Å². The van der Waals surface area contributed by atoms with Crippen LogP contribution in [-0.4, -0.2) is 64.9 Å². The third-order valence-electron chi connectivity index (χ3n) is 7.39. The van der Waals surface area contributed by atoms with Crippen LogP contribution >= 0.6 is 0 Å². The molecule has 0 bridgehead atoms. The fourth-order valence-electron chi connectivity index (χ4n) is 5.14. The maximum atomic E-state index is 13.7. The summed E-state index contributed by atoms with van der Waals surface area (Å²) in [6, 6.07) is 8.59. The molecule has 0 saturated carbocycles. The van der Waals surface area contributed by atoms with Gasteiger partial charge in [-0.3, -0.25) is 29.2 Å². The number of pyridine rings is 1. The van der Waals surface area contributed by atoms with Crippen LogP contribution in [0.4, 0.5) is 4.39 Å². The minimum atomic E-state index is -1.16. The summed E-state index contributed by atoms with van der Waals surface area (Å²) in [5.41, 5.74) is 11.9. The summed E-state index contributed by atoms with van der Waals surface area (Å²) in [6.45, 7) is 3.28. The minimum absolute atomic E-state index is 0.00167. The highest BCUT2D eigenvalue weighted by Crippen LogP contribution is 2.29. The number of hydrogen-bond donors (Lipinski definition) is 2. The van der Waals surface area contributed by atoms with E-state index in [9.17, 15) is 23.6 Å². The first-order valence-electron chi connectivity index (χ1n) is 13.5. The van der Waals surface area contributed by atoms with E-state index in [2.05, 4.69) is 9.98 Å². The van der Waals surface area contributed by atoms with Crippen LogP contribution in [-0.2, 0) is 14.4 Å². The monoisotopic (exact) mass is 539 g/mol. The number of alkyl halides is 1. The molecule has 2 aromatic rings. The van der Waals surface area contributed by atoms with E-state index < -0.39 is 30.3 Å². The number of likely N-dealkylation sites (tertiary alicyclic amines) is 1. The molecule has 0 radical (unpaired) electrons.